The number of nitrogens with zero attached hydrogens (tertiary/aromatic N) is 2. The van der Waals surface area contributed by atoms with E-state index < -0.39 is 16.8 Å². The van der Waals surface area contributed by atoms with E-state index in [-0.39, 0.29) is 24.7 Å². The molecule has 8 heteroatoms. The molecule has 0 bridgehead atoms. The Morgan fingerprint density at radius 2 is 2.00 bits per heavy atom. The molecule has 25 heavy (non-hydrogen) atoms. The fraction of sp³-hybridized carbons (Fsp3) is 0.412. The number of carbonyl (C=O) groups excluding carboxylic acids is 2. The van der Waals surface area contributed by atoms with Crippen LogP contribution in [0.5, 0.6) is 0 Å². The van der Waals surface area contributed by atoms with Gasteiger partial charge in [0.25, 0.3) is 5.69 Å². The van der Waals surface area contributed by atoms with Crippen LogP contribution in [0.25, 0.3) is 6.08 Å². The van der Waals surface area contributed by atoms with Gasteiger partial charge in [-0.05, 0) is 30.2 Å². The molecule has 0 radical (unpaired) electrons. The van der Waals surface area contributed by atoms with Crippen LogP contribution in [0.3, 0.4) is 0 Å². The minimum Gasteiger partial charge on any atom is -0.469 e. The lowest BCUT2D eigenvalue weighted by molar-refractivity contribution is -0.384. The maximum absolute atomic E-state index is 12.3. The van der Waals surface area contributed by atoms with Crippen LogP contribution >= 0.6 is 0 Å². The van der Waals surface area contributed by atoms with Crippen molar-refractivity contribution in [2.24, 2.45) is 5.92 Å². The summed E-state index contributed by atoms with van der Waals surface area (Å²) in [6.07, 6.45) is 3.27. The van der Waals surface area contributed by atoms with Crippen molar-refractivity contribution < 1.29 is 24.4 Å². The first-order valence-electron chi connectivity index (χ1n) is 7.79. The third kappa shape index (κ3) is 6.72. The summed E-state index contributed by atoms with van der Waals surface area (Å²) in [5.74, 6) is -1.22. The lowest BCUT2D eigenvalue weighted by atomic mass is 10.1. The van der Waals surface area contributed by atoms with Crippen LogP contribution in [-0.4, -0.2) is 53.6 Å². The number of nitro benzene ring substituents is 1. The molecule has 1 aromatic carbocycles. The van der Waals surface area contributed by atoms with E-state index in [1.165, 1.54) is 42.4 Å². The van der Waals surface area contributed by atoms with E-state index in [0.717, 1.165) is 0 Å². The summed E-state index contributed by atoms with van der Waals surface area (Å²) in [5, 5.41) is 19.6. The average molecular weight is 350 g/mol. The minimum atomic E-state index is -0.497. The van der Waals surface area contributed by atoms with Crippen molar-refractivity contribution in [3.05, 3.63) is 46.0 Å². The zero-order valence-corrected chi connectivity index (χ0v) is 14.3. The summed E-state index contributed by atoms with van der Waals surface area (Å²) in [6.45, 7) is 2.07. The maximum Gasteiger partial charge on any atom is 0.310 e. The lowest BCUT2D eigenvalue weighted by Crippen LogP contribution is -2.37. The standard InChI is InChI=1S/C17H22N2O6/c1-13(17(22)25-2)12-18(10-3-11-20)16(21)9-6-14-4-7-15(8-5-14)19(23)24/h4-9,13,20H,3,10-12H2,1-2H3/b9-6+. The van der Waals surface area contributed by atoms with Crippen molar-refractivity contribution in [2.75, 3.05) is 26.8 Å². The summed E-state index contributed by atoms with van der Waals surface area (Å²) in [5.41, 5.74) is 0.613. The van der Waals surface area contributed by atoms with Crippen LogP contribution < -0.4 is 0 Å². The lowest BCUT2D eigenvalue weighted by Gasteiger charge is -2.23. The molecule has 0 fully saturated rings. The van der Waals surface area contributed by atoms with E-state index in [2.05, 4.69) is 4.74 Å². The number of aliphatic hydroxyl groups excluding tert-OH is 1. The van der Waals surface area contributed by atoms with Crippen molar-refractivity contribution >= 4 is 23.6 Å². The minimum absolute atomic E-state index is 0.0278. The summed E-state index contributed by atoms with van der Waals surface area (Å²) in [7, 11) is 1.28. The van der Waals surface area contributed by atoms with E-state index in [9.17, 15) is 19.7 Å². The molecule has 0 aromatic heterocycles. The first-order valence-corrected chi connectivity index (χ1v) is 7.79. The van der Waals surface area contributed by atoms with Gasteiger partial charge in [-0.15, -0.1) is 0 Å². The van der Waals surface area contributed by atoms with Gasteiger partial charge in [-0.3, -0.25) is 19.7 Å². The smallest absolute Gasteiger partial charge is 0.310 e. The van der Waals surface area contributed by atoms with Gasteiger partial charge >= 0.3 is 5.97 Å². The number of nitro groups is 1. The van der Waals surface area contributed by atoms with Gasteiger partial charge in [0, 0.05) is 37.9 Å². The molecule has 136 valence electrons. The normalized spacial score (nSPS) is 12.0. The second kappa shape index (κ2) is 10.2. The second-order valence-corrected chi connectivity index (χ2v) is 5.47. The Hall–Kier alpha value is -2.74. The summed E-state index contributed by atoms with van der Waals surface area (Å²) >= 11 is 0. The average Bonchev–Trinajstić information content (AvgIpc) is 2.62. The number of carbonyl (C=O) groups is 2. The molecule has 0 aliphatic heterocycles. The van der Waals surface area contributed by atoms with Gasteiger partial charge in [0.1, 0.15) is 0 Å². The van der Waals surface area contributed by atoms with Gasteiger partial charge in [0.2, 0.25) is 5.91 Å². The Balaban J connectivity index is 2.78. The number of benzene rings is 1. The van der Waals surface area contributed by atoms with Crippen molar-refractivity contribution in [1.82, 2.24) is 4.90 Å². The highest BCUT2D eigenvalue weighted by Gasteiger charge is 2.20. The number of amides is 1. The molecule has 8 nitrogen and oxygen atoms in total. The van der Waals surface area contributed by atoms with Crippen molar-refractivity contribution in [1.29, 1.82) is 0 Å². The monoisotopic (exact) mass is 350 g/mol. The molecule has 0 aliphatic carbocycles. The number of rotatable bonds is 9. The van der Waals surface area contributed by atoms with Gasteiger partial charge in [0.05, 0.1) is 18.0 Å². The third-order valence-electron chi connectivity index (χ3n) is 3.52. The molecule has 1 atom stereocenters. The van der Waals surface area contributed by atoms with Gasteiger partial charge in [-0.25, -0.2) is 0 Å². The maximum atomic E-state index is 12.3. The largest absolute Gasteiger partial charge is 0.469 e. The van der Waals surface area contributed by atoms with Crippen LogP contribution in [0, 0.1) is 16.0 Å². The predicted molar refractivity (Wildman–Crippen MR) is 91.6 cm³/mol. The number of hydrogen-bond acceptors (Lipinski definition) is 6. The fourth-order valence-electron chi connectivity index (χ4n) is 2.14. The Morgan fingerprint density at radius 3 is 2.52 bits per heavy atom. The summed E-state index contributed by atoms with van der Waals surface area (Å²) < 4.78 is 4.66. The molecule has 0 spiro atoms. The number of non-ortho nitro benzene ring substituents is 1. The van der Waals surface area contributed by atoms with Crippen molar-refractivity contribution in [3.8, 4) is 0 Å². The van der Waals surface area contributed by atoms with E-state index in [1.807, 2.05) is 0 Å². The van der Waals surface area contributed by atoms with Crippen molar-refractivity contribution in [3.63, 3.8) is 0 Å². The van der Waals surface area contributed by atoms with Gasteiger partial charge < -0.3 is 14.7 Å². The quantitative estimate of drug-likeness (QED) is 0.314. The number of hydrogen-bond donors (Lipinski definition) is 1. The number of methoxy groups -OCH3 is 1. The number of aliphatic hydroxyl groups is 1. The van der Waals surface area contributed by atoms with Crippen LogP contribution in [0.2, 0.25) is 0 Å². The molecular weight excluding hydrogens is 328 g/mol. The molecule has 0 aliphatic rings. The van der Waals surface area contributed by atoms with Crippen LogP contribution in [0.4, 0.5) is 5.69 Å². The van der Waals surface area contributed by atoms with Gasteiger partial charge in [-0.2, -0.15) is 0 Å². The first-order chi connectivity index (χ1) is 11.9. The summed E-state index contributed by atoms with van der Waals surface area (Å²) in [4.78, 5) is 35.4. The molecule has 1 N–H and O–H groups in total. The highest BCUT2D eigenvalue weighted by molar-refractivity contribution is 5.92. The van der Waals surface area contributed by atoms with Crippen molar-refractivity contribution in [2.45, 2.75) is 13.3 Å². The summed E-state index contributed by atoms with van der Waals surface area (Å²) in [6, 6.07) is 5.79. The molecule has 1 unspecified atom stereocenters. The van der Waals surface area contributed by atoms with Gasteiger partial charge in [0.15, 0.2) is 0 Å². The van der Waals surface area contributed by atoms with E-state index in [0.29, 0.717) is 18.5 Å². The molecule has 1 rings (SSSR count). The zero-order valence-electron chi connectivity index (χ0n) is 14.3. The van der Waals surface area contributed by atoms with Crippen LogP contribution in [0.15, 0.2) is 30.3 Å². The molecule has 1 amide bonds. The SMILES string of the molecule is COC(=O)C(C)CN(CCCO)C(=O)/C=C/c1ccc([N+](=O)[O-])cc1. The second-order valence-electron chi connectivity index (χ2n) is 5.47. The molecule has 1 aromatic rings. The topological polar surface area (TPSA) is 110 Å². The Kier molecular flexibility index (Phi) is 8.28. The van der Waals surface area contributed by atoms with E-state index in [4.69, 9.17) is 5.11 Å². The molecule has 0 saturated carbocycles. The van der Waals surface area contributed by atoms with Crippen LogP contribution in [0.1, 0.15) is 18.9 Å². The predicted octanol–water partition coefficient (Wildman–Crippen LogP) is 1.63. The number of esters is 1. The number of ether oxygens (including phenoxy) is 1. The molecule has 0 heterocycles. The Morgan fingerprint density at radius 1 is 1.36 bits per heavy atom. The first kappa shape index (κ1) is 20.3. The third-order valence-corrected chi connectivity index (χ3v) is 3.52. The zero-order chi connectivity index (χ0) is 18.8. The Labute approximate surface area is 145 Å². The van der Waals surface area contributed by atoms with Gasteiger partial charge in [-0.1, -0.05) is 6.92 Å². The molecule has 0 saturated heterocycles. The van der Waals surface area contributed by atoms with E-state index in [1.54, 1.807) is 13.0 Å². The molecular formula is C17H22N2O6. The van der Waals surface area contributed by atoms with E-state index >= 15 is 0 Å². The van der Waals surface area contributed by atoms with Crippen LogP contribution in [-0.2, 0) is 14.3 Å². The fourth-order valence-corrected chi connectivity index (χ4v) is 2.14. The Bertz CT molecular complexity index is 627. The highest BCUT2D eigenvalue weighted by atomic mass is 16.6. The highest BCUT2D eigenvalue weighted by Crippen LogP contribution is 2.13.